The van der Waals surface area contributed by atoms with Gasteiger partial charge in [0.2, 0.25) is 11.0 Å². The Bertz CT molecular complexity index is 1030. The average Bonchev–Trinajstić information content (AvgIpc) is 2.62. The van der Waals surface area contributed by atoms with Crippen molar-refractivity contribution in [3.63, 3.8) is 0 Å². The predicted molar refractivity (Wildman–Crippen MR) is 106 cm³/mol. The molecule has 0 saturated carbocycles. The Hall–Kier alpha value is -2.41. The molecule has 138 valence electrons. The number of pyridine rings is 1. The third-order valence-corrected chi connectivity index (χ3v) is 4.73. The molecule has 0 atom stereocenters. The number of aryl methyl sites for hydroxylation is 1. The summed E-state index contributed by atoms with van der Waals surface area (Å²) in [5, 5.41) is 2.57. The Labute approximate surface area is 162 Å². The topological polar surface area (TPSA) is 3.88 Å². The van der Waals surface area contributed by atoms with Gasteiger partial charge in [0, 0.05) is 22.2 Å². The minimum atomic E-state index is -6.00. The number of para-hydroxylation sites is 2. The third kappa shape index (κ3) is 4.47. The molecule has 0 radical (unpaired) electrons. The zero-order chi connectivity index (χ0) is 19.6. The Balaban J connectivity index is 0.000000376. The number of hydrogen-bond acceptors (Lipinski definition) is 0. The lowest BCUT2D eigenvalue weighted by molar-refractivity contribution is -0.617. The summed E-state index contributed by atoms with van der Waals surface area (Å²) in [5.74, 6) is 0. The van der Waals surface area contributed by atoms with Gasteiger partial charge in [0.15, 0.2) is 0 Å². The lowest BCUT2D eigenvalue weighted by Gasteiger charge is -2.10. The van der Waals surface area contributed by atoms with Gasteiger partial charge in [-0.25, -0.2) is 0 Å². The largest absolute Gasteiger partial charge is 0.673 e. The van der Waals surface area contributed by atoms with Crippen LogP contribution in [0.2, 0.25) is 0 Å². The van der Waals surface area contributed by atoms with Crippen molar-refractivity contribution in [2.75, 3.05) is 0 Å². The maximum atomic E-state index is 9.75. The Morgan fingerprint density at radius 3 is 1.56 bits per heavy atom. The molecule has 27 heavy (non-hydrogen) atoms. The van der Waals surface area contributed by atoms with Crippen LogP contribution in [0.3, 0.4) is 0 Å². The van der Waals surface area contributed by atoms with Crippen LogP contribution in [0.15, 0.2) is 77.3 Å². The van der Waals surface area contributed by atoms with E-state index in [1.54, 1.807) is 0 Å². The van der Waals surface area contributed by atoms with Crippen LogP contribution in [0.5, 0.6) is 0 Å². The fourth-order valence-corrected chi connectivity index (χ4v) is 3.42. The number of nitrogens with zero attached hydrogens (tertiary/aromatic N) is 1. The summed E-state index contributed by atoms with van der Waals surface area (Å²) in [4.78, 5) is 0. The Kier molecular flexibility index (Phi) is 5.51. The molecule has 7 heteroatoms. The Morgan fingerprint density at radius 2 is 1.11 bits per heavy atom. The van der Waals surface area contributed by atoms with Gasteiger partial charge in [-0.05, 0) is 29.8 Å². The minimum absolute atomic E-state index is 1.10. The zero-order valence-corrected chi connectivity index (χ0v) is 15.9. The molecule has 0 N–H and O–H groups in total. The maximum Gasteiger partial charge on any atom is 0.673 e. The first-order valence-electron chi connectivity index (χ1n) is 8.18. The van der Waals surface area contributed by atoms with Crippen molar-refractivity contribution < 1.29 is 21.8 Å². The molecule has 0 amide bonds. The van der Waals surface area contributed by atoms with Crippen LogP contribution >= 0.6 is 15.9 Å². The van der Waals surface area contributed by atoms with E-state index in [4.69, 9.17) is 0 Å². The molecule has 4 rings (SSSR count). The summed E-state index contributed by atoms with van der Waals surface area (Å²) < 4.78 is 42.4. The molecule has 0 aliphatic heterocycles. The fourth-order valence-electron chi connectivity index (χ4n) is 3.16. The van der Waals surface area contributed by atoms with E-state index in [0.29, 0.717) is 0 Å². The van der Waals surface area contributed by atoms with E-state index < -0.39 is 7.25 Å². The summed E-state index contributed by atoms with van der Waals surface area (Å²) in [6, 6.07) is 25.8. The molecule has 1 nitrogen and oxygen atoms in total. The second-order valence-corrected chi connectivity index (χ2v) is 6.89. The lowest BCUT2D eigenvalue weighted by atomic mass is 9.96. The first-order valence-corrected chi connectivity index (χ1v) is 8.98. The molecule has 0 unspecified atom stereocenters. The van der Waals surface area contributed by atoms with Crippen LogP contribution in [-0.4, -0.2) is 7.25 Å². The van der Waals surface area contributed by atoms with Gasteiger partial charge in [-0.2, -0.15) is 4.57 Å². The number of halogens is 5. The highest BCUT2D eigenvalue weighted by molar-refractivity contribution is 9.10. The SMILES string of the molecule is C[n+]1c2ccccc2c(-c2ccc(Br)cc2)c2ccccc21.F[B-](F)(F)F. The Morgan fingerprint density at radius 1 is 0.704 bits per heavy atom. The van der Waals surface area contributed by atoms with Gasteiger partial charge in [0.05, 0.1) is 10.8 Å². The number of fused-ring (bicyclic) bond motifs is 2. The van der Waals surface area contributed by atoms with Crippen molar-refractivity contribution in [2.24, 2.45) is 7.05 Å². The van der Waals surface area contributed by atoms with Gasteiger partial charge < -0.3 is 17.3 Å². The smallest absolute Gasteiger partial charge is 0.418 e. The molecular formula is C20H15BBrF4N. The molecule has 0 spiro atoms. The first kappa shape index (κ1) is 19.4. The van der Waals surface area contributed by atoms with E-state index in [-0.39, 0.29) is 0 Å². The lowest BCUT2D eigenvalue weighted by Crippen LogP contribution is -2.30. The van der Waals surface area contributed by atoms with Crippen molar-refractivity contribution in [3.8, 4) is 11.1 Å². The van der Waals surface area contributed by atoms with Crippen LogP contribution in [0.4, 0.5) is 17.3 Å². The molecule has 1 heterocycles. The van der Waals surface area contributed by atoms with Crippen LogP contribution < -0.4 is 4.57 Å². The molecule has 0 bridgehead atoms. The van der Waals surface area contributed by atoms with E-state index in [9.17, 15) is 17.3 Å². The van der Waals surface area contributed by atoms with Crippen molar-refractivity contribution in [1.29, 1.82) is 0 Å². The quantitative estimate of drug-likeness (QED) is 0.138. The van der Waals surface area contributed by atoms with E-state index in [0.717, 1.165) is 4.47 Å². The molecule has 4 aromatic rings. The summed E-state index contributed by atoms with van der Waals surface area (Å²) in [6.07, 6.45) is 0. The highest BCUT2D eigenvalue weighted by Gasteiger charge is 2.20. The fraction of sp³-hybridized carbons (Fsp3) is 0.0500. The normalized spacial score (nSPS) is 11.3. The molecule has 0 fully saturated rings. The average molecular weight is 436 g/mol. The summed E-state index contributed by atoms with van der Waals surface area (Å²) in [7, 11) is -3.87. The van der Waals surface area contributed by atoms with E-state index >= 15 is 0 Å². The number of rotatable bonds is 1. The summed E-state index contributed by atoms with van der Waals surface area (Å²) >= 11 is 3.52. The van der Waals surface area contributed by atoms with Gasteiger partial charge in [-0.3, -0.25) is 0 Å². The van der Waals surface area contributed by atoms with Gasteiger partial charge >= 0.3 is 7.25 Å². The van der Waals surface area contributed by atoms with Gasteiger partial charge in [0.25, 0.3) is 0 Å². The highest BCUT2D eigenvalue weighted by atomic mass is 79.9. The van der Waals surface area contributed by atoms with Gasteiger partial charge in [-0.15, -0.1) is 0 Å². The highest BCUT2D eigenvalue weighted by Crippen LogP contribution is 2.34. The second kappa shape index (κ2) is 7.68. The van der Waals surface area contributed by atoms with Crippen LogP contribution in [-0.2, 0) is 7.05 Å². The molecule has 3 aromatic carbocycles. The molecule has 0 aliphatic rings. The van der Waals surface area contributed by atoms with Crippen molar-refractivity contribution in [1.82, 2.24) is 0 Å². The monoisotopic (exact) mass is 435 g/mol. The van der Waals surface area contributed by atoms with Crippen molar-refractivity contribution in [3.05, 3.63) is 77.3 Å². The molecule has 0 saturated heterocycles. The van der Waals surface area contributed by atoms with Crippen molar-refractivity contribution >= 4 is 45.0 Å². The molecular weight excluding hydrogens is 421 g/mol. The van der Waals surface area contributed by atoms with Crippen LogP contribution in [0.1, 0.15) is 0 Å². The number of hydrogen-bond donors (Lipinski definition) is 0. The number of aromatic nitrogens is 1. The standard InChI is InChI=1S/C20H15BrN.BF4/c1-22-18-8-4-2-6-16(18)20(14-10-12-15(21)13-11-14)17-7-3-5-9-19(17)22;2-1(3,4)5/h2-13H,1H3;/q+1;-1. The van der Waals surface area contributed by atoms with Crippen LogP contribution in [0.25, 0.3) is 32.9 Å². The zero-order valence-electron chi connectivity index (χ0n) is 14.3. The van der Waals surface area contributed by atoms with E-state index in [1.165, 1.54) is 32.9 Å². The minimum Gasteiger partial charge on any atom is -0.418 e. The molecule has 0 aliphatic carbocycles. The van der Waals surface area contributed by atoms with Gasteiger partial charge in [0.1, 0.15) is 7.05 Å². The predicted octanol–water partition coefficient (Wildman–Crippen LogP) is 6.55. The number of benzene rings is 3. The van der Waals surface area contributed by atoms with E-state index in [1.807, 2.05) is 0 Å². The maximum absolute atomic E-state index is 9.75. The first-order chi connectivity index (χ1) is 12.8. The van der Waals surface area contributed by atoms with Crippen LogP contribution in [0, 0.1) is 0 Å². The van der Waals surface area contributed by atoms with Crippen molar-refractivity contribution in [2.45, 2.75) is 0 Å². The van der Waals surface area contributed by atoms with E-state index in [2.05, 4.69) is 100 Å². The third-order valence-electron chi connectivity index (χ3n) is 4.20. The summed E-state index contributed by atoms with van der Waals surface area (Å²) in [6.45, 7) is 0. The van der Waals surface area contributed by atoms with Gasteiger partial charge in [-0.1, -0.05) is 52.3 Å². The summed E-state index contributed by atoms with van der Waals surface area (Å²) in [5.41, 5.74) is 5.05. The molecule has 1 aromatic heterocycles. The second-order valence-electron chi connectivity index (χ2n) is 5.97.